The Kier molecular flexibility index (Phi) is 3.03. The van der Waals surface area contributed by atoms with Crippen LogP contribution in [0.2, 0.25) is 5.02 Å². The number of hydrogen-bond donors (Lipinski definition) is 1. The molecule has 0 unspecified atom stereocenters. The molecule has 0 bridgehead atoms. The highest BCUT2D eigenvalue weighted by atomic mass is 35.5. The van der Waals surface area contributed by atoms with Gasteiger partial charge in [0.05, 0.1) is 0 Å². The van der Waals surface area contributed by atoms with Gasteiger partial charge in [0.25, 0.3) is 5.91 Å². The molecule has 20 heavy (non-hydrogen) atoms. The quantitative estimate of drug-likeness (QED) is 0.787. The van der Waals surface area contributed by atoms with Gasteiger partial charge in [-0.1, -0.05) is 17.7 Å². The SMILES string of the molecule is O=C1Nc2ccc(Cl)cc2C1=Cc1c(F)cccc1F. The van der Waals surface area contributed by atoms with E-state index in [1.165, 1.54) is 12.1 Å². The lowest BCUT2D eigenvalue weighted by atomic mass is 10.0. The van der Waals surface area contributed by atoms with Gasteiger partial charge in [0.15, 0.2) is 0 Å². The third-order valence-electron chi connectivity index (χ3n) is 3.05. The van der Waals surface area contributed by atoms with Crippen LogP contribution < -0.4 is 5.32 Å². The Morgan fingerprint density at radius 2 is 1.80 bits per heavy atom. The normalized spacial score (nSPS) is 15.3. The fourth-order valence-corrected chi connectivity index (χ4v) is 2.27. The number of halogens is 3. The third kappa shape index (κ3) is 2.08. The van der Waals surface area contributed by atoms with Gasteiger partial charge in [-0.3, -0.25) is 4.79 Å². The monoisotopic (exact) mass is 291 g/mol. The van der Waals surface area contributed by atoms with E-state index in [4.69, 9.17) is 11.6 Å². The summed E-state index contributed by atoms with van der Waals surface area (Å²) in [7, 11) is 0. The lowest BCUT2D eigenvalue weighted by molar-refractivity contribution is -0.110. The van der Waals surface area contributed by atoms with Crippen molar-refractivity contribution in [1.29, 1.82) is 0 Å². The van der Waals surface area contributed by atoms with Crippen LogP contribution in [-0.4, -0.2) is 5.91 Å². The van der Waals surface area contributed by atoms with Gasteiger partial charge in [0, 0.05) is 27.4 Å². The molecular formula is C15H8ClF2NO. The second-order valence-electron chi connectivity index (χ2n) is 4.34. The Labute approximate surface area is 118 Å². The predicted octanol–water partition coefficient (Wildman–Crippen LogP) is 4.11. The Bertz CT molecular complexity index is 735. The van der Waals surface area contributed by atoms with Crippen molar-refractivity contribution in [3.05, 3.63) is 64.2 Å². The van der Waals surface area contributed by atoms with Crippen molar-refractivity contribution in [3.63, 3.8) is 0 Å². The molecule has 0 radical (unpaired) electrons. The highest BCUT2D eigenvalue weighted by molar-refractivity contribution is 6.36. The van der Waals surface area contributed by atoms with Gasteiger partial charge in [0.1, 0.15) is 11.6 Å². The number of carbonyl (C=O) groups is 1. The van der Waals surface area contributed by atoms with Crippen LogP contribution >= 0.6 is 11.6 Å². The standard InChI is InChI=1S/C15H8ClF2NO/c16-8-4-5-14-9(6-8)10(15(20)19-14)7-11-12(17)2-1-3-13(11)18/h1-7H,(H,19,20). The maximum absolute atomic E-state index is 13.6. The molecule has 2 aromatic rings. The highest BCUT2D eigenvalue weighted by Crippen LogP contribution is 2.35. The first kappa shape index (κ1) is 12.8. The number of hydrogen-bond acceptors (Lipinski definition) is 1. The molecule has 3 rings (SSSR count). The van der Waals surface area contributed by atoms with E-state index in [1.807, 2.05) is 0 Å². The molecular weight excluding hydrogens is 284 g/mol. The number of carbonyl (C=O) groups excluding carboxylic acids is 1. The predicted molar refractivity (Wildman–Crippen MR) is 74.3 cm³/mol. The van der Waals surface area contributed by atoms with Gasteiger partial charge in [-0.25, -0.2) is 8.78 Å². The Morgan fingerprint density at radius 3 is 2.50 bits per heavy atom. The van der Waals surface area contributed by atoms with Crippen LogP contribution in [0.3, 0.4) is 0 Å². The zero-order chi connectivity index (χ0) is 14.3. The molecule has 0 saturated heterocycles. The van der Waals surface area contributed by atoms with Crippen LogP contribution in [0.15, 0.2) is 36.4 Å². The number of anilines is 1. The molecule has 2 aromatic carbocycles. The molecule has 0 fully saturated rings. The fourth-order valence-electron chi connectivity index (χ4n) is 2.10. The third-order valence-corrected chi connectivity index (χ3v) is 3.29. The van der Waals surface area contributed by atoms with E-state index >= 15 is 0 Å². The second kappa shape index (κ2) is 4.72. The van der Waals surface area contributed by atoms with Gasteiger partial charge >= 0.3 is 0 Å². The Morgan fingerprint density at radius 1 is 1.10 bits per heavy atom. The topological polar surface area (TPSA) is 29.1 Å². The summed E-state index contributed by atoms with van der Waals surface area (Å²) in [5.74, 6) is -1.86. The van der Waals surface area contributed by atoms with Crippen molar-refractivity contribution in [2.45, 2.75) is 0 Å². The van der Waals surface area contributed by atoms with Crippen molar-refractivity contribution >= 4 is 34.8 Å². The van der Waals surface area contributed by atoms with E-state index < -0.39 is 17.5 Å². The van der Waals surface area contributed by atoms with Gasteiger partial charge in [-0.2, -0.15) is 0 Å². The van der Waals surface area contributed by atoms with Crippen LogP contribution in [0.25, 0.3) is 11.6 Å². The van der Waals surface area contributed by atoms with Gasteiger partial charge < -0.3 is 5.32 Å². The number of amides is 1. The summed E-state index contributed by atoms with van der Waals surface area (Å²) in [5.41, 5.74) is 1.05. The first-order chi connectivity index (χ1) is 9.56. The van der Waals surface area contributed by atoms with Crippen LogP contribution in [0.5, 0.6) is 0 Å². The van der Waals surface area contributed by atoms with Gasteiger partial charge in [0.2, 0.25) is 0 Å². The molecule has 5 heteroatoms. The maximum atomic E-state index is 13.6. The van der Waals surface area contributed by atoms with Crippen molar-refractivity contribution in [3.8, 4) is 0 Å². The summed E-state index contributed by atoms with van der Waals surface area (Å²) in [6.07, 6.45) is 1.20. The van der Waals surface area contributed by atoms with Crippen LogP contribution in [0.1, 0.15) is 11.1 Å². The van der Waals surface area contributed by atoms with Crippen molar-refractivity contribution < 1.29 is 13.6 Å². The molecule has 0 aromatic heterocycles. The van der Waals surface area contributed by atoms with E-state index in [0.29, 0.717) is 16.3 Å². The molecule has 0 spiro atoms. The van der Waals surface area contributed by atoms with Gasteiger partial charge in [-0.05, 0) is 36.4 Å². The first-order valence-corrected chi connectivity index (χ1v) is 6.21. The molecule has 2 nitrogen and oxygen atoms in total. The largest absolute Gasteiger partial charge is 0.321 e. The number of benzene rings is 2. The lowest BCUT2D eigenvalue weighted by Crippen LogP contribution is -2.04. The number of nitrogens with one attached hydrogen (secondary N) is 1. The molecule has 0 aliphatic carbocycles. The first-order valence-electron chi connectivity index (χ1n) is 5.83. The van der Waals surface area contributed by atoms with Crippen LogP contribution in [-0.2, 0) is 4.79 Å². The minimum Gasteiger partial charge on any atom is -0.321 e. The Hall–Kier alpha value is -2.20. The van der Waals surface area contributed by atoms with E-state index in [2.05, 4.69) is 5.32 Å². The summed E-state index contributed by atoms with van der Waals surface area (Å²) in [4.78, 5) is 11.9. The van der Waals surface area contributed by atoms with Gasteiger partial charge in [-0.15, -0.1) is 0 Å². The number of rotatable bonds is 1. The molecule has 1 aliphatic rings. The van der Waals surface area contributed by atoms with E-state index in [9.17, 15) is 13.6 Å². The van der Waals surface area contributed by atoms with Crippen molar-refractivity contribution in [2.24, 2.45) is 0 Å². The zero-order valence-electron chi connectivity index (χ0n) is 10.1. The summed E-state index contributed by atoms with van der Waals surface area (Å²) in [6, 6.07) is 8.41. The van der Waals surface area contributed by atoms with Crippen molar-refractivity contribution in [2.75, 3.05) is 5.32 Å². The molecule has 1 amide bonds. The molecule has 1 aliphatic heterocycles. The second-order valence-corrected chi connectivity index (χ2v) is 4.77. The molecule has 1 heterocycles. The van der Waals surface area contributed by atoms with E-state index in [1.54, 1.807) is 18.2 Å². The number of fused-ring (bicyclic) bond motifs is 1. The maximum Gasteiger partial charge on any atom is 0.256 e. The van der Waals surface area contributed by atoms with E-state index in [-0.39, 0.29) is 11.1 Å². The zero-order valence-corrected chi connectivity index (χ0v) is 10.8. The average molecular weight is 292 g/mol. The molecule has 0 atom stereocenters. The summed E-state index contributed by atoms with van der Waals surface area (Å²) in [5, 5.41) is 3.07. The minimum absolute atomic E-state index is 0.187. The van der Waals surface area contributed by atoms with E-state index in [0.717, 1.165) is 12.1 Å². The summed E-state index contributed by atoms with van der Waals surface area (Å²) in [6.45, 7) is 0. The molecule has 100 valence electrons. The van der Waals surface area contributed by atoms with Crippen LogP contribution in [0.4, 0.5) is 14.5 Å². The molecule has 0 saturated carbocycles. The fraction of sp³-hybridized carbons (Fsp3) is 0. The smallest absolute Gasteiger partial charge is 0.256 e. The van der Waals surface area contributed by atoms with Crippen molar-refractivity contribution in [1.82, 2.24) is 0 Å². The lowest BCUT2D eigenvalue weighted by Gasteiger charge is -2.02. The van der Waals surface area contributed by atoms with Crippen LogP contribution in [0, 0.1) is 11.6 Å². The Balaban J connectivity index is 2.18. The summed E-state index contributed by atoms with van der Waals surface area (Å²) < 4.78 is 27.3. The highest BCUT2D eigenvalue weighted by Gasteiger charge is 2.25. The average Bonchev–Trinajstić information content (AvgIpc) is 2.70. The minimum atomic E-state index is -0.722. The summed E-state index contributed by atoms with van der Waals surface area (Å²) >= 11 is 5.89. The molecule has 1 N–H and O–H groups in total.